The van der Waals surface area contributed by atoms with Crippen LogP contribution >= 0.6 is 0 Å². The van der Waals surface area contributed by atoms with Gasteiger partial charge in [-0.05, 0) is 0 Å². The number of aliphatic hydroxyl groups is 1. The van der Waals surface area contributed by atoms with Crippen molar-refractivity contribution in [1.29, 1.82) is 0 Å². The van der Waals surface area contributed by atoms with Gasteiger partial charge in [0.1, 0.15) is 0 Å². The van der Waals surface area contributed by atoms with Gasteiger partial charge in [0, 0.05) is 0 Å². The second-order valence-electron chi connectivity index (χ2n) is 2.48. The van der Waals surface area contributed by atoms with E-state index in [9.17, 15) is 14.4 Å². The smallest absolute Gasteiger partial charge is 2.00 e. The maximum absolute atomic E-state index is 10.3. The summed E-state index contributed by atoms with van der Waals surface area (Å²) in [6, 6.07) is 0. The van der Waals surface area contributed by atoms with Crippen LogP contribution in [-0.4, -0.2) is 43.9 Å². The fraction of sp³-hybridized carbons (Fsp3) is 0.500. The molecule has 0 aliphatic heterocycles. The topological polar surface area (TPSA) is 161 Å². The van der Waals surface area contributed by atoms with Crippen molar-refractivity contribution in [2.45, 2.75) is 18.4 Å². The third-order valence-electron chi connectivity index (χ3n) is 1.29. The first kappa shape index (κ1) is 19.5. The van der Waals surface area contributed by atoms with Gasteiger partial charge in [0.2, 0.25) is 0 Å². The Bertz CT molecular complexity index is 234. The summed E-state index contributed by atoms with van der Waals surface area (Å²) in [6.07, 6.45) is -2.29. The predicted octanol–water partition coefficient (Wildman–Crippen LogP) is -1.37. The molecule has 0 heterocycles. The van der Waals surface area contributed by atoms with Gasteiger partial charge in [0.25, 0.3) is 0 Å². The van der Waals surface area contributed by atoms with Crippen LogP contribution in [0.15, 0.2) is 0 Å². The average Bonchev–Trinajstić information content (AvgIpc) is 1.82. The fourth-order valence-corrected chi connectivity index (χ4v) is 0.714. The molecule has 0 fully saturated rings. The standard InChI is InChI=1S/C6H8O7.O.Zn/c7-3(8)1-6(13,5(11)12)2-4(9)10;;/h13H,1-2H2,(H,7,8)(H,9,10)(H,11,12);;/q;-2;+2. The third kappa shape index (κ3) is 6.95. The van der Waals surface area contributed by atoms with E-state index in [1.54, 1.807) is 0 Å². The van der Waals surface area contributed by atoms with Gasteiger partial charge < -0.3 is 25.9 Å². The molecule has 0 amide bonds. The van der Waals surface area contributed by atoms with Gasteiger partial charge in [0.05, 0.1) is 12.8 Å². The number of carboxylic acids is 3. The molecule has 82 valence electrons. The van der Waals surface area contributed by atoms with Crippen molar-refractivity contribution in [2.75, 3.05) is 0 Å². The summed E-state index contributed by atoms with van der Waals surface area (Å²) in [5, 5.41) is 33.8. The monoisotopic (exact) mass is 272 g/mol. The zero-order valence-electron chi connectivity index (χ0n) is 7.54. The molecule has 0 radical (unpaired) electrons. The number of carboxylic acid groups (broad SMARTS) is 3. The average molecular weight is 274 g/mol. The normalized spacial score (nSPS) is 9.40. The Morgan fingerprint density at radius 2 is 1.20 bits per heavy atom. The molecule has 15 heavy (non-hydrogen) atoms. The van der Waals surface area contributed by atoms with Crippen LogP contribution in [0.25, 0.3) is 0 Å². The van der Waals surface area contributed by atoms with E-state index >= 15 is 0 Å². The van der Waals surface area contributed by atoms with E-state index in [0.717, 1.165) is 0 Å². The number of carbonyl (C=O) groups is 3. The molecule has 0 aromatic carbocycles. The van der Waals surface area contributed by atoms with Gasteiger partial charge in [-0.3, -0.25) is 9.59 Å². The molecule has 0 aromatic heterocycles. The van der Waals surface area contributed by atoms with E-state index in [1.807, 2.05) is 0 Å². The summed E-state index contributed by atoms with van der Waals surface area (Å²) >= 11 is 0. The van der Waals surface area contributed by atoms with Crippen molar-refractivity contribution in [2.24, 2.45) is 0 Å². The largest absolute Gasteiger partial charge is 2.00 e. The van der Waals surface area contributed by atoms with Crippen molar-refractivity contribution in [3.63, 3.8) is 0 Å². The number of hydrogen-bond acceptors (Lipinski definition) is 4. The van der Waals surface area contributed by atoms with Gasteiger partial charge in [-0.25, -0.2) is 4.79 Å². The summed E-state index contributed by atoms with van der Waals surface area (Å²) in [5.74, 6) is -5.02. The van der Waals surface area contributed by atoms with Gasteiger partial charge in [0.15, 0.2) is 5.60 Å². The van der Waals surface area contributed by atoms with Crippen LogP contribution in [0.4, 0.5) is 0 Å². The minimum Gasteiger partial charge on any atom is -2.00 e. The Labute approximate surface area is 96.6 Å². The first-order valence-electron chi connectivity index (χ1n) is 3.17. The van der Waals surface area contributed by atoms with Gasteiger partial charge in [-0.1, -0.05) is 0 Å². The Morgan fingerprint density at radius 1 is 0.933 bits per heavy atom. The molecule has 0 aliphatic carbocycles. The zero-order valence-corrected chi connectivity index (χ0v) is 10.5. The van der Waals surface area contributed by atoms with Crippen LogP contribution in [0.3, 0.4) is 0 Å². The molecule has 0 bridgehead atoms. The van der Waals surface area contributed by atoms with Crippen LogP contribution < -0.4 is 0 Å². The fourth-order valence-electron chi connectivity index (χ4n) is 0.714. The quantitative estimate of drug-likeness (QED) is 0.449. The van der Waals surface area contributed by atoms with Crippen LogP contribution in [0.5, 0.6) is 0 Å². The minimum absolute atomic E-state index is 0. The second kappa shape index (κ2) is 7.27. The Hall–Kier alpha value is -1.05. The molecule has 4 N–H and O–H groups in total. The van der Waals surface area contributed by atoms with E-state index in [1.165, 1.54) is 0 Å². The van der Waals surface area contributed by atoms with Crippen molar-refractivity contribution < 1.29 is 59.8 Å². The molecule has 0 atom stereocenters. The maximum atomic E-state index is 10.3. The summed E-state index contributed by atoms with van der Waals surface area (Å²) in [5.41, 5.74) is -2.74. The van der Waals surface area contributed by atoms with E-state index < -0.39 is 36.4 Å². The number of hydrogen-bond donors (Lipinski definition) is 4. The number of rotatable bonds is 5. The van der Waals surface area contributed by atoms with Crippen molar-refractivity contribution >= 4 is 17.9 Å². The van der Waals surface area contributed by atoms with E-state index in [4.69, 9.17) is 20.4 Å². The molecule has 0 rings (SSSR count). The van der Waals surface area contributed by atoms with Crippen LogP contribution in [0.2, 0.25) is 0 Å². The maximum Gasteiger partial charge on any atom is 2.00 e. The Kier molecular flexibility index (Phi) is 9.46. The van der Waals surface area contributed by atoms with Crippen molar-refractivity contribution in [1.82, 2.24) is 0 Å². The summed E-state index contributed by atoms with van der Waals surface area (Å²) in [6.45, 7) is 0. The Morgan fingerprint density at radius 3 is 1.33 bits per heavy atom. The molecular formula is C6H8O8Zn. The minimum atomic E-state index is -2.74. The first-order chi connectivity index (χ1) is 5.78. The second-order valence-corrected chi connectivity index (χ2v) is 2.48. The van der Waals surface area contributed by atoms with Crippen LogP contribution in [-0.2, 0) is 39.3 Å². The van der Waals surface area contributed by atoms with Gasteiger partial charge in [-0.2, -0.15) is 0 Å². The molecule has 8 nitrogen and oxygen atoms in total. The van der Waals surface area contributed by atoms with Crippen molar-refractivity contribution in [3.05, 3.63) is 0 Å². The third-order valence-corrected chi connectivity index (χ3v) is 1.29. The Balaban J connectivity index is -0.000000720. The van der Waals surface area contributed by atoms with E-state index in [2.05, 4.69) is 0 Å². The van der Waals surface area contributed by atoms with E-state index in [-0.39, 0.29) is 25.0 Å². The molecule has 0 unspecified atom stereocenters. The van der Waals surface area contributed by atoms with E-state index in [0.29, 0.717) is 0 Å². The summed E-state index contributed by atoms with van der Waals surface area (Å²) < 4.78 is 0. The van der Waals surface area contributed by atoms with Crippen LogP contribution in [0, 0.1) is 0 Å². The molecule has 0 aliphatic rings. The number of aliphatic carboxylic acids is 3. The zero-order chi connectivity index (χ0) is 10.6. The molecule has 0 spiro atoms. The van der Waals surface area contributed by atoms with Crippen LogP contribution in [0.1, 0.15) is 12.8 Å². The molecule has 0 saturated heterocycles. The molecule has 9 heteroatoms. The molecule has 0 aromatic rings. The van der Waals surface area contributed by atoms with Gasteiger partial charge >= 0.3 is 37.4 Å². The molecule has 0 saturated carbocycles. The SMILES string of the molecule is O=C(O)CC(O)(CC(=O)O)C(=O)O.[O-2].[Zn+2]. The summed E-state index contributed by atoms with van der Waals surface area (Å²) in [4.78, 5) is 30.5. The van der Waals surface area contributed by atoms with Crippen molar-refractivity contribution in [3.8, 4) is 0 Å². The predicted molar refractivity (Wildman–Crippen MR) is 37.8 cm³/mol. The first-order valence-corrected chi connectivity index (χ1v) is 3.17. The molecular weight excluding hydrogens is 265 g/mol. The summed E-state index contributed by atoms with van der Waals surface area (Å²) in [7, 11) is 0. The van der Waals surface area contributed by atoms with Gasteiger partial charge in [-0.15, -0.1) is 0 Å².